The summed E-state index contributed by atoms with van der Waals surface area (Å²) >= 11 is 0.916. The molecule has 0 unspecified atom stereocenters. The molecule has 0 atom stereocenters. The molecule has 4 aliphatic rings. The SMILES string of the molecule is CC(C)(O)CNC(=O)c1nc(C(=O)N2[C@H]3CC[C@@H]2CC3)c(-c2cnc(NC(C3CC3)C3CC3)cc2C(F)F)s1. The van der Waals surface area contributed by atoms with Crippen molar-refractivity contribution in [2.24, 2.45) is 11.8 Å². The first kappa shape index (κ1) is 26.6. The second-order valence-corrected chi connectivity index (χ2v) is 13.2. The quantitative estimate of drug-likeness (QED) is 0.378. The first-order valence-corrected chi connectivity index (χ1v) is 14.8. The number of nitrogens with one attached hydrogen (secondary N) is 2. The Kier molecular flexibility index (Phi) is 6.86. The number of alkyl halides is 2. The highest BCUT2D eigenvalue weighted by Gasteiger charge is 2.44. The lowest BCUT2D eigenvalue weighted by Crippen LogP contribution is -2.38. The molecule has 4 fully saturated rings. The molecule has 0 spiro atoms. The normalized spacial score (nSPS) is 22.7. The van der Waals surface area contributed by atoms with Crippen molar-refractivity contribution in [1.82, 2.24) is 20.2 Å². The number of amides is 2. The zero-order valence-electron chi connectivity index (χ0n) is 22.3. The standard InChI is InChI=1S/C28H35F2N5O3S/c1-28(2,38)13-32-25(36)26-34-22(27(37)35-16-7-8-17(35)10-9-16)23(39-26)19-12-31-20(11-18(19)24(29)30)33-21(14-3-4-14)15-5-6-15/h11-12,14-17,21,24,38H,3-10,13H2,1-2H3,(H,31,33)(H,32,36)/t16-,17+. The van der Waals surface area contributed by atoms with Crippen LogP contribution in [0, 0.1) is 11.8 Å². The largest absolute Gasteiger partial charge is 0.389 e. The summed E-state index contributed by atoms with van der Waals surface area (Å²) in [6.45, 7) is 3.10. The van der Waals surface area contributed by atoms with Crippen LogP contribution in [0.5, 0.6) is 0 Å². The zero-order chi connectivity index (χ0) is 27.5. The molecule has 2 aliphatic heterocycles. The maximum Gasteiger partial charge on any atom is 0.280 e. The summed E-state index contributed by atoms with van der Waals surface area (Å²) in [5.41, 5.74) is -1.23. The molecule has 39 heavy (non-hydrogen) atoms. The monoisotopic (exact) mass is 559 g/mol. The lowest BCUT2D eigenvalue weighted by molar-refractivity contribution is 0.0692. The Morgan fingerprint density at radius 2 is 1.72 bits per heavy atom. The molecular formula is C28H35F2N5O3S. The number of halogens is 2. The number of fused-ring (bicyclic) bond motifs is 2. The first-order valence-electron chi connectivity index (χ1n) is 14.0. The second-order valence-electron chi connectivity index (χ2n) is 12.2. The van der Waals surface area contributed by atoms with Gasteiger partial charge in [-0.3, -0.25) is 9.59 Å². The highest BCUT2D eigenvalue weighted by Crippen LogP contribution is 2.46. The summed E-state index contributed by atoms with van der Waals surface area (Å²) in [5, 5.41) is 16.1. The molecule has 11 heteroatoms. The summed E-state index contributed by atoms with van der Waals surface area (Å²) in [4.78, 5) is 37.7. The topological polar surface area (TPSA) is 107 Å². The predicted octanol–water partition coefficient (Wildman–Crippen LogP) is 5.01. The van der Waals surface area contributed by atoms with E-state index in [2.05, 4.69) is 20.6 Å². The van der Waals surface area contributed by atoms with E-state index in [-0.39, 0.29) is 57.3 Å². The Labute approximate surface area is 230 Å². The minimum absolute atomic E-state index is 0.00547. The van der Waals surface area contributed by atoms with E-state index in [0.717, 1.165) is 62.7 Å². The Balaban J connectivity index is 1.36. The van der Waals surface area contributed by atoms with Crippen LogP contribution in [-0.4, -0.2) is 62.1 Å². The van der Waals surface area contributed by atoms with Crippen LogP contribution in [-0.2, 0) is 0 Å². The Morgan fingerprint density at radius 1 is 1.10 bits per heavy atom. The van der Waals surface area contributed by atoms with E-state index < -0.39 is 17.9 Å². The van der Waals surface area contributed by atoms with Gasteiger partial charge in [0, 0.05) is 42.0 Å². The third kappa shape index (κ3) is 5.52. The van der Waals surface area contributed by atoms with E-state index in [1.165, 1.54) is 12.3 Å². The van der Waals surface area contributed by atoms with Crippen LogP contribution in [0.25, 0.3) is 10.4 Å². The number of hydrogen-bond acceptors (Lipinski definition) is 7. The Morgan fingerprint density at radius 3 is 2.26 bits per heavy atom. The van der Waals surface area contributed by atoms with Gasteiger partial charge in [-0.1, -0.05) is 0 Å². The lowest BCUT2D eigenvalue weighted by atomic mass is 10.0. The van der Waals surface area contributed by atoms with Gasteiger partial charge in [0.2, 0.25) is 0 Å². The number of carbonyl (C=O) groups excluding carboxylic acids is 2. The van der Waals surface area contributed by atoms with Crippen molar-refractivity contribution in [3.05, 3.63) is 28.5 Å². The van der Waals surface area contributed by atoms with Gasteiger partial charge in [0.05, 0.1) is 10.5 Å². The fourth-order valence-corrected chi connectivity index (χ4v) is 7.11. The van der Waals surface area contributed by atoms with Crippen molar-refractivity contribution in [1.29, 1.82) is 0 Å². The van der Waals surface area contributed by atoms with Crippen molar-refractivity contribution in [3.63, 3.8) is 0 Å². The molecule has 4 heterocycles. The maximum absolute atomic E-state index is 14.5. The molecule has 6 rings (SSSR count). The molecule has 2 aromatic rings. The van der Waals surface area contributed by atoms with Crippen LogP contribution in [0.3, 0.4) is 0 Å². The number of hydrogen-bond donors (Lipinski definition) is 3. The zero-order valence-corrected chi connectivity index (χ0v) is 23.1. The second kappa shape index (κ2) is 10.1. The lowest BCUT2D eigenvalue weighted by Gasteiger charge is -2.22. The number of aliphatic hydroxyl groups is 1. The highest BCUT2D eigenvalue weighted by molar-refractivity contribution is 7.17. The Hall–Kier alpha value is -2.66. The van der Waals surface area contributed by atoms with Gasteiger partial charge in [-0.2, -0.15) is 0 Å². The van der Waals surface area contributed by atoms with Gasteiger partial charge < -0.3 is 20.6 Å². The number of aromatic nitrogens is 2. The number of pyridine rings is 1. The molecule has 2 saturated carbocycles. The molecule has 2 aliphatic carbocycles. The van der Waals surface area contributed by atoms with Gasteiger partial charge in [0.25, 0.3) is 18.2 Å². The molecular weight excluding hydrogens is 524 g/mol. The van der Waals surface area contributed by atoms with E-state index >= 15 is 0 Å². The molecule has 210 valence electrons. The van der Waals surface area contributed by atoms with Crippen LogP contribution in [0.1, 0.15) is 97.5 Å². The Bertz CT molecular complexity index is 1240. The third-order valence-electron chi connectivity index (χ3n) is 8.38. The summed E-state index contributed by atoms with van der Waals surface area (Å²) in [6.07, 6.45) is 6.86. The van der Waals surface area contributed by atoms with E-state index in [0.29, 0.717) is 17.7 Å². The van der Waals surface area contributed by atoms with Gasteiger partial charge in [-0.15, -0.1) is 11.3 Å². The maximum atomic E-state index is 14.5. The first-order chi connectivity index (χ1) is 18.6. The van der Waals surface area contributed by atoms with Crippen molar-refractivity contribution in [2.75, 3.05) is 11.9 Å². The van der Waals surface area contributed by atoms with Crippen LogP contribution < -0.4 is 10.6 Å². The van der Waals surface area contributed by atoms with Crippen molar-refractivity contribution in [2.45, 2.75) is 95.4 Å². The summed E-state index contributed by atoms with van der Waals surface area (Å²) in [5.74, 6) is 0.670. The molecule has 2 amide bonds. The van der Waals surface area contributed by atoms with E-state index in [1.54, 1.807) is 13.8 Å². The van der Waals surface area contributed by atoms with Gasteiger partial charge >= 0.3 is 0 Å². The van der Waals surface area contributed by atoms with Crippen molar-refractivity contribution >= 4 is 29.0 Å². The summed E-state index contributed by atoms with van der Waals surface area (Å²) < 4.78 is 29.0. The minimum atomic E-state index is -2.80. The van der Waals surface area contributed by atoms with Gasteiger partial charge in [-0.05, 0) is 83.1 Å². The fraction of sp³-hybridized carbons (Fsp3) is 0.643. The summed E-state index contributed by atoms with van der Waals surface area (Å²) in [6, 6.07) is 1.88. The summed E-state index contributed by atoms with van der Waals surface area (Å²) in [7, 11) is 0. The molecule has 2 saturated heterocycles. The van der Waals surface area contributed by atoms with Crippen molar-refractivity contribution < 1.29 is 23.5 Å². The molecule has 2 aromatic heterocycles. The van der Waals surface area contributed by atoms with Crippen LogP contribution in [0.2, 0.25) is 0 Å². The molecule has 0 radical (unpaired) electrons. The van der Waals surface area contributed by atoms with E-state index in [1.807, 2.05) is 4.90 Å². The van der Waals surface area contributed by atoms with E-state index in [4.69, 9.17) is 0 Å². The molecule has 2 bridgehead atoms. The molecule has 0 aromatic carbocycles. The van der Waals surface area contributed by atoms with Crippen LogP contribution in [0.15, 0.2) is 12.3 Å². The predicted molar refractivity (Wildman–Crippen MR) is 144 cm³/mol. The number of carbonyl (C=O) groups is 2. The average molecular weight is 560 g/mol. The number of thiazole rings is 1. The number of rotatable bonds is 10. The molecule has 3 N–H and O–H groups in total. The van der Waals surface area contributed by atoms with Crippen LogP contribution in [0.4, 0.5) is 14.6 Å². The number of anilines is 1. The van der Waals surface area contributed by atoms with Gasteiger partial charge in [0.1, 0.15) is 11.5 Å². The smallest absolute Gasteiger partial charge is 0.280 e. The molecule has 8 nitrogen and oxygen atoms in total. The average Bonchev–Trinajstić information content (AvgIpc) is 3.81. The minimum Gasteiger partial charge on any atom is -0.389 e. The fourth-order valence-electron chi connectivity index (χ4n) is 6.11. The highest BCUT2D eigenvalue weighted by atomic mass is 32.1. The van der Waals surface area contributed by atoms with Gasteiger partial charge in [0.15, 0.2) is 5.01 Å². The van der Waals surface area contributed by atoms with E-state index in [9.17, 15) is 23.5 Å². The van der Waals surface area contributed by atoms with Gasteiger partial charge in [-0.25, -0.2) is 18.7 Å². The third-order valence-corrected chi connectivity index (χ3v) is 9.47. The number of nitrogens with zero attached hydrogens (tertiary/aromatic N) is 3. The van der Waals surface area contributed by atoms with Crippen LogP contribution >= 0.6 is 11.3 Å². The van der Waals surface area contributed by atoms with Crippen molar-refractivity contribution in [3.8, 4) is 10.4 Å².